The molecule has 0 spiro atoms. The van der Waals surface area contributed by atoms with Crippen LogP contribution >= 0.6 is 35.0 Å². The SMILES string of the molecule is CC(=O)Sc1ncnn1CC(O)(Cc1ccccc1Cl)C1(Cl)CC1. The van der Waals surface area contributed by atoms with Crippen LogP contribution in [0.2, 0.25) is 5.02 Å². The Morgan fingerprint density at radius 2 is 2.17 bits per heavy atom. The third-order valence-electron chi connectivity index (χ3n) is 4.19. The van der Waals surface area contributed by atoms with Crippen LogP contribution in [0.15, 0.2) is 35.7 Å². The zero-order chi connectivity index (χ0) is 17.4. The molecule has 0 bridgehead atoms. The van der Waals surface area contributed by atoms with Crippen LogP contribution in [0.3, 0.4) is 0 Å². The van der Waals surface area contributed by atoms with Gasteiger partial charge in [-0.05, 0) is 36.2 Å². The number of aliphatic hydroxyl groups is 1. The Balaban J connectivity index is 1.89. The van der Waals surface area contributed by atoms with Gasteiger partial charge in [-0.25, -0.2) is 9.67 Å². The van der Waals surface area contributed by atoms with Crippen molar-refractivity contribution in [2.75, 3.05) is 0 Å². The van der Waals surface area contributed by atoms with E-state index in [-0.39, 0.29) is 11.7 Å². The number of alkyl halides is 1. The second-order valence-electron chi connectivity index (χ2n) is 6.06. The molecular weight excluding hydrogens is 369 g/mol. The summed E-state index contributed by atoms with van der Waals surface area (Å²) in [4.78, 5) is 14.7. The number of nitrogens with zero attached hydrogens (tertiary/aromatic N) is 3. The molecule has 1 aromatic heterocycles. The van der Waals surface area contributed by atoms with Crippen molar-refractivity contribution in [1.29, 1.82) is 0 Å². The molecule has 1 heterocycles. The molecule has 24 heavy (non-hydrogen) atoms. The highest BCUT2D eigenvalue weighted by molar-refractivity contribution is 8.13. The first-order chi connectivity index (χ1) is 11.3. The maximum Gasteiger partial charge on any atom is 0.193 e. The summed E-state index contributed by atoms with van der Waals surface area (Å²) in [5, 5.41) is 16.4. The van der Waals surface area contributed by atoms with E-state index in [1.54, 1.807) is 6.07 Å². The molecule has 2 aromatic rings. The van der Waals surface area contributed by atoms with Crippen LogP contribution in [-0.4, -0.2) is 35.5 Å². The van der Waals surface area contributed by atoms with Gasteiger partial charge in [-0.3, -0.25) is 4.79 Å². The first kappa shape index (κ1) is 17.7. The fraction of sp³-hybridized carbons (Fsp3) is 0.438. The topological polar surface area (TPSA) is 68.0 Å². The number of rotatable bonds is 6. The van der Waals surface area contributed by atoms with Gasteiger partial charge in [0.15, 0.2) is 10.3 Å². The van der Waals surface area contributed by atoms with Gasteiger partial charge in [0.2, 0.25) is 0 Å². The Morgan fingerprint density at radius 3 is 2.79 bits per heavy atom. The number of halogens is 2. The monoisotopic (exact) mass is 385 g/mol. The lowest BCUT2D eigenvalue weighted by Crippen LogP contribution is -2.47. The van der Waals surface area contributed by atoms with Gasteiger partial charge in [0.1, 0.15) is 11.9 Å². The van der Waals surface area contributed by atoms with Crippen molar-refractivity contribution in [2.45, 2.75) is 48.4 Å². The van der Waals surface area contributed by atoms with E-state index in [4.69, 9.17) is 23.2 Å². The molecule has 1 aliphatic rings. The minimum absolute atomic E-state index is 0.0918. The normalized spacial score (nSPS) is 18.2. The lowest BCUT2D eigenvalue weighted by Gasteiger charge is -2.33. The highest BCUT2D eigenvalue weighted by Gasteiger charge is 2.58. The summed E-state index contributed by atoms with van der Waals surface area (Å²) in [6.45, 7) is 1.61. The minimum Gasteiger partial charge on any atom is -0.386 e. The van der Waals surface area contributed by atoms with Crippen molar-refractivity contribution in [3.63, 3.8) is 0 Å². The Labute approximate surface area is 154 Å². The smallest absolute Gasteiger partial charge is 0.193 e. The molecule has 0 radical (unpaired) electrons. The summed E-state index contributed by atoms with van der Waals surface area (Å²) in [6.07, 6.45) is 3.12. The van der Waals surface area contributed by atoms with Crippen LogP contribution in [0, 0.1) is 0 Å². The molecule has 1 fully saturated rings. The first-order valence-corrected chi connectivity index (χ1v) is 9.11. The van der Waals surface area contributed by atoms with E-state index in [2.05, 4.69) is 10.1 Å². The van der Waals surface area contributed by atoms with Gasteiger partial charge < -0.3 is 5.11 Å². The van der Waals surface area contributed by atoms with Gasteiger partial charge in [0, 0.05) is 18.4 Å². The summed E-state index contributed by atoms with van der Waals surface area (Å²) in [5.74, 6) is 0. The van der Waals surface area contributed by atoms with Crippen LogP contribution in [0.25, 0.3) is 0 Å². The fourth-order valence-corrected chi connectivity index (χ4v) is 3.70. The highest BCUT2D eigenvalue weighted by Crippen LogP contribution is 2.53. The molecule has 1 aliphatic carbocycles. The van der Waals surface area contributed by atoms with Gasteiger partial charge >= 0.3 is 0 Å². The van der Waals surface area contributed by atoms with Crippen LogP contribution in [0.5, 0.6) is 0 Å². The molecule has 1 unspecified atom stereocenters. The largest absolute Gasteiger partial charge is 0.386 e. The van der Waals surface area contributed by atoms with E-state index in [9.17, 15) is 9.90 Å². The summed E-state index contributed by atoms with van der Waals surface area (Å²) in [7, 11) is 0. The van der Waals surface area contributed by atoms with E-state index >= 15 is 0 Å². The van der Waals surface area contributed by atoms with Gasteiger partial charge in [0.25, 0.3) is 0 Å². The van der Waals surface area contributed by atoms with Gasteiger partial charge in [-0.15, -0.1) is 11.6 Å². The molecule has 1 saturated carbocycles. The Morgan fingerprint density at radius 1 is 1.46 bits per heavy atom. The first-order valence-electron chi connectivity index (χ1n) is 7.54. The van der Waals surface area contributed by atoms with E-state index in [0.717, 1.165) is 30.2 Å². The van der Waals surface area contributed by atoms with E-state index in [0.29, 0.717) is 16.6 Å². The summed E-state index contributed by atoms with van der Waals surface area (Å²) >= 11 is 13.8. The summed E-state index contributed by atoms with van der Waals surface area (Å²) < 4.78 is 1.53. The third kappa shape index (κ3) is 3.61. The van der Waals surface area contributed by atoms with Gasteiger partial charge in [0.05, 0.1) is 11.4 Å². The van der Waals surface area contributed by atoms with Crippen LogP contribution in [0.4, 0.5) is 0 Å². The summed E-state index contributed by atoms with van der Waals surface area (Å²) in [5.41, 5.74) is -0.409. The van der Waals surface area contributed by atoms with Gasteiger partial charge in [-0.1, -0.05) is 29.8 Å². The lowest BCUT2D eigenvalue weighted by molar-refractivity contribution is -0.109. The van der Waals surface area contributed by atoms with E-state index < -0.39 is 10.5 Å². The molecule has 1 atom stereocenters. The maximum absolute atomic E-state index is 11.3. The predicted octanol–water partition coefficient (Wildman–Crippen LogP) is 3.32. The highest BCUT2D eigenvalue weighted by atomic mass is 35.5. The maximum atomic E-state index is 11.3. The van der Waals surface area contributed by atoms with Crippen LogP contribution < -0.4 is 0 Å². The molecule has 128 valence electrons. The number of benzene rings is 1. The molecular formula is C16H17Cl2N3O2S. The van der Waals surface area contributed by atoms with Crippen molar-refractivity contribution in [3.05, 3.63) is 41.2 Å². The number of hydrogen-bond donors (Lipinski definition) is 1. The van der Waals surface area contributed by atoms with Crippen molar-refractivity contribution in [1.82, 2.24) is 14.8 Å². The van der Waals surface area contributed by atoms with E-state index in [1.807, 2.05) is 18.2 Å². The van der Waals surface area contributed by atoms with Crippen LogP contribution in [0.1, 0.15) is 25.3 Å². The molecule has 3 rings (SSSR count). The standard InChI is InChI=1S/C16H17Cl2N3O2S/c1-11(22)24-14-19-10-20-21(14)9-16(23,15(18)6-7-15)8-12-4-2-3-5-13(12)17/h2-5,10,23H,6-9H2,1H3. The number of aromatic nitrogens is 3. The molecule has 1 aromatic carbocycles. The molecule has 0 saturated heterocycles. The lowest BCUT2D eigenvalue weighted by atomic mass is 9.89. The quantitative estimate of drug-likeness (QED) is 0.610. The Hall–Kier alpha value is -1.08. The number of carbonyl (C=O) groups excluding carboxylic acids is 1. The zero-order valence-corrected chi connectivity index (χ0v) is 15.4. The molecule has 0 amide bonds. The molecule has 1 N–H and O–H groups in total. The van der Waals surface area contributed by atoms with Crippen molar-refractivity contribution in [2.24, 2.45) is 0 Å². The van der Waals surface area contributed by atoms with Gasteiger partial charge in [-0.2, -0.15) is 5.10 Å². The number of hydrogen-bond acceptors (Lipinski definition) is 5. The Bertz CT molecular complexity index is 763. The molecule has 5 nitrogen and oxygen atoms in total. The Kier molecular flexibility index (Phi) is 4.93. The average Bonchev–Trinajstić information content (AvgIpc) is 3.14. The average molecular weight is 386 g/mol. The second-order valence-corrected chi connectivity index (χ2v) is 8.33. The van der Waals surface area contributed by atoms with Crippen molar-refractivity contribution >= 4 is 40.1 Å². The molecule has 8 heteroatoms. The summed E-state index contributed by atoms with van der Waals surface area (Å²) in [6, 6.07) is 7.39. The van der Waals surface area contributed by atoms with Crippen molar-refractivity contribution < 1.29 is 9.90 Å². The molecule has 0 aliphatic heterocycles. The fourth-order valence-electron chi connectivity index (χ4n) is 2.71. The second kappa shape index (κ2) is 6.67. The third-order valence-corrected chi connectivity index (χ3v) is 6.07. The van der Waals surface area contributed by atoms with E-state index in [1.165, 1.54) is 17.9 Å². The van der Waals surface area contributed by atoms with Crippen molar-refractivity contribution in [3.8, 4) is 0 Å². The minimum atomic E-state index is -1.24. The number of thioether (sulfide) groups is 1. The predicted molar refractivity (Wildman–Crippen MR) is 94.5 cm³/mol. The number of carbonyl (C=O) groups is 1. The zero-order valence-electron chi connectivity index (χ0n) is 13.1. The van der Waals surface area contributed by atoms with Crippen LogP contribution in [-0.2, 0) is 17.8 Å².